The highest BCUT2D eigenvalue weighted by atomic mass is 19.1. The molecule has 0 fully saturated rings. The lowest BCUT2D eigenvalue weighted by Gasteiger charge is -2.06. The second-order valence-corrected chi connectivity index (χ2v) is 3.89. The first-order valence-electron chi connectivity index (χ1n) is 5.76. The minimum Gasteiger partial charge on any atom is -0.370 e. The van der Waals surface area contributed by atoms with Crippen LogP contribution in [0.1, 0.15) is 6.92 Å². The third kappa shape index (κ3) is 3.04. The van der Waals surface area contributed by atoms with Crippen LogP contribution in [0.4, 0.5) is 15.9 Å². The molecule has 2 aromatic rings. The molecule has 6 heteroatoms. The largest absolute Gasteiger partial charge is 0.370 e. The number of anilines is 1. The first-order valence-corrected chi connectivity index (χ1v) is 5.76. The van der Waals surface area contributed by atoms with Gasteiger partial charge in [-0.25, -0.2) is 9.37 Å². The van der Waals surface area contributed by atoms with E-state index < -0.39 is 4.92 Å². The first-order chi connectivity index (χ1) is 9.10. The molecule has 98 valence electrons. The predicted octanol–water partition coefficient (Wildman–Crippen LogP) is 3.23. The van der Waals surface area contributed by atoms with Crippen molar-refractivity contribution in [2.45, 2.75) is 6.92 Å². The highest BCUT2D eigenvalue weighted by molar-refractivity contribution is 5.65. The van der Waals surface area contributed by atoms with E-state index in [4.69, 9.17) is 0 Å². The molecule has 0 aliphatic heterocycles. The molecular weight excluding hydrogens is 249 g/mol. The Kier molecular flexibility index (Phi) is 3.70. The molecule has 2 rings (SSSR count). The van der Waals surface area contributed by atoms with Crippen LogP contribution in [0.2, 0.25) is 0 Å². The Morgan fingerprint density at radius 3 is 2.58 bits per heavy atom. The summed E-state index contributed by atoms with van der Waals surface area (Å²) < 4.78 is 12.9. The number of benzene rings is 1. The van der Waals surface area contributed by atoms with E-state index in [-0.39, 0.29) is 11.5 Å². The lowest BCUT2D eigenvalue weighted by molar-refractivity contribution is -0.384. The molecule has 0 unspecified atom stereocenters. The van der Waals surface area contributed by atoms with Crippen molar-refractivity contribution in [3.63, 3.8) is 0 Å². The zero-order valence-corrected chi connectivity index (χ0v) is 10.3. The summed E-state index contributed by atoms with van der Waals surface area (Å²) >= 11 is 0. The van der Waals surface area contributed by atoms with E-state index in [1.165, 1.54) is 36.4 Å². The van der Waals surface area contributed by atoms with Crippen molar-refractivity contribution in [3.05, 3.63) is 52.3 Å². The van der Waals surface area contributed by atoms with Gasteiger partial charge in [-0.3, -0.25) is 10.1 Å². The van der Waals surface area contributed by atoms with Gasteiger partial charge in [-0.15, -0.1) is 0 Å². The number of aromatic nitrogens is 1. The normalized spacial score (nSPS) is 10.2. The molecule has 0 aliphatic carbocycles. The molecule has 0 radical (unpaired) electrons. The van der Waals surface area contributed by atoms with Crippen LogP contribution in [0.5, 0.6) is 0 Å². The van der Waals surface area contributed by atoms with E-state index >= 15 is 0 Å². The molecule has 1 heterocycles. The van der Waals surface area contributed by atoms with E-state index in [0.29, 0.717) is 23.6 Å². The molecule has 1 aromatic carbocycles. The minimum atomic E-state index is -0.477. The van der Waals surface area contributed by atoms with E-state index in [0.717, 1.165) is 0 Å². The van der Waals surface area contributed by atoms with Crippen molar-refractivity contribution in [2.75, 3.05) is 11.9 Å². The van der Waals surface area contributed by atoms with E-state index in [9.17, 15) is 14.5 Å². The minimum absolute atomic E-state index is 0.0507. The van der Waals surface area contributed by atoms with Crippen LogP contribution in [-0.2, 0) is 0 Å². The number of halogens is 1. The van der Waals surface area contributed by atoms with Crippen molar-refractivity contribution in [1.82, 2.24) is 4.98 Å². The van der Waals surface area contributed by atoms with Gasteiger partial charge in [0.25, 0.3) is 5.69 Å². The van der Waals surface area contributed by atoms with Crippen molar-refractivity contribution in [3.8, 4) is 11.3 Å². The Balaban J connectivity index is 2.49. The molecule has 0 saturated heterocycles. The summed E-state index contributed by atoms with van der Waals surface area (Å²) in [6.07, 6.45) is 0. The summed E-state index contributed by atoms with van der Waals surface area (Å²) in [5.41, 5.74) is 1.01. The lowest BCUT2D eigenvalue weighted by atomic mass is 10.1. The van der Waals surface area contributed by atoms with Crippen LogP contribution >= 0.6 is 0 Å². The second-order valence-electron chi connectivity index (χ2n) is 3.89. The lowest BCUT2D eigenvalue weighted by Crippen LogP contribution is -2.01. The topological polar surface area (TPSA) is 68.1 Å². The average molecular weight is 261 g/mol. The Morgan fingerprint density at radius 1 is 1.32 bits per heavy atom. The molecule has 1 N–H and O–H groups in total. The predicted molar refractivity (Wildman–Crippen MR) is 70.4 cm³/mol. The van der Waals surface area contributed by atoms with Crippen LogP contribution < -0.4 is 5.32 Å². The molecule has 19 heavy (non-hydrogen) atoms. The smallest absolute Gasteiger partial charge is 0.275 e. The van der Waals surface area contributed by atoms with Gasteiger partial charge >= 0.3 is 0 Å². The molecular formula is C13H12FN3O2. The van der Waals surface area contributed by atoms with Gasteiger partial charge in [0, 0.05) is 18.2 Å². The van der Waals surface area contributed by atoms with E-state index in [1.807, 2.05) is 6.92 Å². The Bertz CT molecular complexity index is 599. The van der Waals surface area contributed by atoms with Crippen molar-refractivity contribution in [1.29, 1.82) is 0 Å². The first kappa shape index (κ1) is 12.9. The fraction of sp³-hybridized carbons (Fsp3) is 0.154. The highest BCUT2D eigenvalue weighted by Gasteiger charge is 2.12. The van der Waals surface area contributed by atoms with Gasteiger partial charge in [-0.1, -0.05) is 0 Å². The van der Waals surface area contributed by atoms with Crippen molar-refractivity contribution < 1.29 is 9.31 Å². The summed E-state index contributed by atoms with van der Waals surface area (Å²) in [6, 6.07) is 8.41. The highest BCUT2D eigenvalue weighted by Crippen LogP contribution is 2.25. The van der Waals surface area contributed by atoms with Crippen molar-refractivity contribution in [2.24, 2.45) is 0 Å². The maximum Gasteiger partial charge on any atom is 0.275 e. The van der Waals surface area contributed by atoms with Crippen LogP contribution in [0.25, 0.3) is 11.3 Å². The number of pyridine rings is 1. The van der Waals surface area contributed by atoms with E-state index in [1.54, 1.807) is 0 Å². The SMILES string of the molecule is CCNc1cc([N+](=O)[O-])cc(-c2ccc(F)cc2)n1. The molecule has 0 saturated carbocycles. The summed E-state index contributed by atoms with van der Waals surface area (Å²) in [7, 11) is 0. The number of rotatable bonds is 4. The van der Waals surface area contributed by atoms with Gasteiger partial charge in [0.2, 0.25) is 0 Å². The molecule has 5 nitrogen and oxygen atoms in total. The zero-order valence-electron chi connectivity index (χ0n) is 10.3. The Morgan fingerprint density at radius 2 is 2.00 bits per heavy atom. The number of nitrogens with one attached hydrogen (secondary N) is 1. The van der Waals surface area contributed by atoms with Gasteiger partial charge < -0.3 is 5.32 Å². The number of nitrogens with zero attached hydrogens (tertiary/aromatic N) is 2. The molecule has 0 amide bonds. The van der Waals surface area contributed by atoms with Gasteiger partial charge in [0.1, 0.15) is 11.6 Å². The van der Waals surface area contributed by atoms with Gasteiger partial charge in [0.05, 0.1) is 16.7 Å². The number of hydrogen-bond acceptors (Lipinski definition) is 4. The summed E-state index contributed by atoms with van der Waals surface area (Å²) in [4.78, 5) is 14.7. The summed E-state index contributed by atoms with van der Waals surface area (Å²) in [5, 5.41) is 13.8. The average Bonchev–Trinajstić information content (AvgIpc) is 2.39. The van der Waals surface area contributed by atoms with Gasteiger partial charge in [-0.05, 0) is 31.2 Å². The maximum absolute atomic E-state index is 12.9. The van der Waals surface area contributed by atoms with Gasteiger partial charge in [-0.2, -0.15) is 0 Å². The van der Waals surface area contributed by atoms with E-state index in [2.05, 4.69) is 10.3 Å². The second kappa shape index (κ2) is 5.43. The monoisotopic (exact) mass is 261 g/mol. The zero-order chi connectivity index (χ0) is 13.8. The van der Waals surface area contributed by atoms with Crippen molar-refractivity contribution >= 4 is 11.5 Å². The quantitative estimate of drug-likeness (QED) is 0.677. The Labute approximate surface area is 109 Å². The van der Waals surface area contributed by atoms with Crippen LogP contribution in [0, 0.1) is 15.9 Å². The third-order valence-corrected chi connectivity index (χ3v) is 2.52. The summed E-state index contributed by atoms with van der Waals surface area (Å²) in [5.74, 6) is 0.0668. The van der Waals surface area contributed by atoms with Crippen LogP contribution in [0.3, 0.4) is 0 Å². The van der Waals surface area contributed by atoms with Gasteiger partial charge in [0.15, 0.2) is 0 Å². The number of nitro groups is 1. The maximum atomic E-state index is 12.9. The fourth-order valence-electron chi connectivity index (χ4n) is 1.66. The fourth-order valence-corrected chi connectivity index (χ4v) is 1.66. The molecule has 0 spiro atoms. The standard InChI is InChI=1S/C13H12FN3O2/c1-2-15-13-8-11(17(18)19)7-12(16-13)9-3-5-10(14)6-4-9/h3-8H,2H2,1H3,(H,15,16). The molecule has 0 atom stereocenters. The summed E-state index contributed by atoms with van der Waals surface area (Å²) in [6.45, 7) is 2.48. The van der Waals surface area contributed by atoms with Crippen LogP contribution in [-0.4, -0.2) is 16.5 Å². The Hall–Kier alpha value is -2.50. The van der Waals surface area contributed by atoms with Crippen LogP contribution in [0.15, 0.2) is 36.4 Å². The molecule has 0 aliphatic rings. The third-order valence-electron chi connectivity index (χ3n) is 2.52. The molecule has 0 bridgehead atoms. The molecule has 1 aromatic heterocycles. The number of hydrogen-bond donors (Lipinski definition) is 1.